The summed E-state index contributed by atoms with van der Waals surface area (Å²) >= 11 is 0. The average Bonchev–Trinajstić information content (AvgIpc) is 3.16. The van der Waals surface area contributed by atoms with Gasteiger partial charge in [-0.3, -0.25) is 15.0 Å². The predicted molar refractivity (Wildman–Crippen MR) is 87.1 cm³/mol. The van der Waals surface area contributed by atoms with Gasteiger partial charge in [-0.2, -0.15) is 0 Å². The second-order valence-electron chi connectivity index (χ2n) is 6.71. The van der Waals surface area contributed by atoms with Crippen molar-refractivity contribution in [3.63, 3.8) is 0 Å². The van der Waals surface area contributed by atoms with Crippen molar-refractivity contribution in [1.29, 1.82) is 0 Å². The number of likely N-dealkylation sites (tertiary alicyclic amines) is 1. The van der Waals surface area contributed by atoms with Gasteiger partial charge in [0.05, 0.1) is 24.7 Å². The van der Waals surface area contributed by atoms with Crippen LogP contribution >= 0.6 is 0 Å². The third-order valence-electron chi connectivity index (χ3n) is 4.95. The summed E-state index contributed by atoms with van der Waals surface area (Å²) < 4.78 is 22.2. The zero-order valence-electron chi connectivity index (χ0n) is 14.0. The van der Waals surface area contributed by atoms with E-state index in [1.807, 2.05) is 0 Å². The van der Waals surface area contributed by atoms with E-state index in [-0.39, 0.29) is 23.7 Å². The number of hydrogen-bond donors (Lipinski definition) is 0. The molecule has 3 heterocycles. The Hall–Kier alpha value is -1.74. The number of nitro benzene ring substituents is 1. The van der Waals surface area contributed by atoms with Crippen LogP contribution in [-0.4, -0.2) is 49.2 Å². The molecule has 0 N–H and O–H groups in total. The highest BCUT2D eigenvalue weighted by Crippen LogP contribution is 2.34. The molecular formula is C17H22N2O6. The highest BCUT2D eigenvalue weighted by atomic mass is 16.7. The van der Waals surface area contributed by atoms with Gasteiger partial charge >= 0.3 is 0 Å². The van der Waals surface area contributed by atoms with Crippen LogP contribution in [0.2, 0.25) is 0 Å². The van der Waals surface area contributed by atoms with Crippen molar-refractivity contribution in [3.05, 3.63) is 33.4 Å². The summed E-state index contributed by atoms with van der Waals surface area (Å²) in [7, 11) is 0. The number of nitro groups is 1. The van der Waals surface area contributed by atoms with Crippen molar-refractivity contribution in [3.8, 4) is 5.75 Å². The maximum atomic E-state index is 11.2. The molecule has 1 aromatic carbocycles. The van der Waals surface area contributed by atoms with Gasteiger partial charge in [0.1, 0.15) is 5.75 Å². The number of rotatable bonds is 4. The molecule has 3 aliphatic rings. The van der Waals surface area contributed by atoms with Crippen molar-refractivity contribution >= 4 is 5.69 Å². The van der Waals surface area contributed by atoms with E-state index in [9.17, 15) is 10.1 Å². The van der Waals surface area contributed by atoms with Gasteiger partial charge in [0.25, 0.3) is 5.69 Å². The Morgan fingerprint density at radius 1 is 1.28 bits per heavy atom. The highest BCUT2D eigenvalue weighted by molar-refractivity contribution is 5.50. The molecule has 0 spiro atoms. The lowest BCUT2D eigenvalue weighted by molar-refractivity contribution is -0.385. The van der Waals surface area contributed by atoms with Crippen LogP contribution in [0, 0.1) is 16.0 Å². The number of hydrogen-bond acceptors (Lipinski definition) is 7. The third-order valence-corrected chi connectivity index (χ3v) is 4.95. The van der Waals surface area contributed by atoms with Crippen molar-refractivity contribution in [2.45, 2.75) is 32.3 Å². The summed E-state index contributed by atoms with van der Waals surface area (Å²) in [5.74, 6) is 1.07. The first kappa shape index (κ1) is 16.7. The molecule has 4 rings (SSSR count). The van der Waals surface area contributed by atoms with Gasteiger partial charge in [0.15, 0.2) is 13.1 Å². The number of non-ortho nitro benzene ring substituents is 1. The number of fused-ring (bicyclic) bond motifs is 1. The van der Waals surface area contributed by atoms with Crippen molar-refractivity contribution in [2.75, 3.05) is 33.1 Å². The first-order valence-corrected chi connectivity index (χ1v) is 8.67. The fraction of sp³-hybridized carbons (Fsp3) is 0.647. The molecule has 0 aromatic heterocycles. The molecule has 0 saturated carbocycles. The number of benzene rings is 1. The maximum Gasteiger partial charge on any atom is 0.270 e. The molecule has 0 amide bonds. The fourth-order valence-electron chi connectivity index (χ4n) is 3.85. The Morgan fingerprint density at radius 2 is 2.12 bits per heavy atom. The smallest absolute Gasteiger partial charge is 0.270 e. The standard InChI is InChI=1S/C17H22N2O6/c20-19(21)15-6-13(16-14(7-15)10-22-11-25-16)9-18-3-1-2-12(8-18)17-23-4-5-24-17/h6-7,12,17H,1-5,8-11H2. The molecule has 25 heavy (non-hydrogen) atoms. The lowest BCUT2D eigenvalue weighted by Gasteiger charge is -2.35. The van der Waals surface area contributed by atoms with Crippen molar-refractivity contribution in [2.24, 2.45) is 5.92 Å². The lowest BCUT2D eigenvalue weighted by atomic mass is 9.96. The Bertz CT molecular complexity index is 646. The van der Waals surface area contributed by atoms with Crippen LogP contribution in [0.5, 0.6) is 5.75 Å². The van der Waals surface area contributed by atoms with Crippen LogP contribution in [0.3, 0.4) is 0 Å². The largest absolute Gasteiger partial charge is 0.467 e. The van der Waals surface area contributed by atoms with Crippen LogP contribution in [-0.2, 0) is 27.4 Å². The molecule has 0 radical (unpaired) electrons. The van der Waals surface area contributed by atoms with E-state index in [2.05, 4.69) is 4.90 Å². The van der Waals surface area contributed by atoms with E-state index < -0.39 is 0 Å². The van der Waals surface area contributed by atoms with Crippen molar-refractivity contribution < 1.29 is 23.9 Å². The second-order valence-corrected chi connectivity index (χ2v) is 6.71. The van der Waals surface area contributed by atoms with Crippen molar-refractivity contribution in [1.82, 2.24) is 4.90 Å². The Morgan fingerprint density at radius 3 is 2.92 bits per heavy atom. The molecule has 1 atom stereocenters. The second kappa shape index (κ2) is 7.25. The van der Waals surface area contributed by atoms with Crippen LogP contribution in [0.4, 0.5) is 5.69 Å². The molecule has 2 saturated heterocycles. The van der Waals surface area contributed by atoms with Crippen LogP contribution in [0.15, 0.2) is 12.1 Å². The van der Waals surface area contributed by atoms with E-state index in [0.717, 1.165) is 42.8 Å². The van der Waals surface area contributed by atoms with Gasteiger partial charge in [0.2, 0.25) is 0 Å². The monoisotopic (exact) mass is 350 g/mol. The Balaban J connectivity index is 1.53. The molecule has 3 aliphatic heterocycles. The van der Waals surface area contributed by atoms with E-state index >= 15 is 0 Å². The summed E-state index contributed by atoms with van der Waals surface area (Å²) in [4.78, 5) is 13.2. The van der Waals surface area contributed by atoms with Gasteiger partial charge in [-0.25, -0.2) is 0 Å². The quantitative estimate of drug-likeness (QED) is 0.607. The number of piperidine rings is 1. The summed E-state index contributed by atoms with van der Waals surface area (Å²) in [6, 6.07) is 3.16. The zero-order valence-corrected chi connectivity index (χ0v) is 14.0. The molecule has 136 valence electrons. The summed E-state index contributed by atoms with van der Waals surface area (Å²) in [6.45, 7) is 4.28. The van der Waals surface area contributed by atoms with Gasteiger partial charge in [-0.1, -0.05) is 0 Å². The summed E-state index contributed by atoms with van der Waals surface area (Å²) in [5, 5.41) is 11.2. The molecular weight excluding hydrogens is 328 g/mol. The lowest BCUT2D eigenvalue weighted by Crippen LogP contribution is -2.40. The minimum Gasteiger partial charge on any atom is -0.467 e. The fourth-order valence-corrected chi connectivity index (χ4v) is 3.85. The molecule has 1 aromatic rings. The van der Waals surface area contributed by atoms with Gasteiger partial charge in [-0.05, 0) is 19.4 Å². The Kier molecular flexibility index (Phi) is 4.85. The summed E-state index contributed by atoms with van der Waals surface area (Å²) in [6.07, 6.45) is 2.03. The van der Waals surface area contributed by atoms with E-state index in [1.165, 1.54) is 6.07 Å². The predicted octanol–water partition coefficient (Wildman–Crippen LogP) is 2.05. The molecule has 8 nitrogen and oxygen atoms in total. The summed E-state index contributed by atoms with van der Waals surface area (Å²) in [5.41, 5.74) is 1.67. The van der Waals surface area contributed by atoms with E-state index in [1.54, 1.807) is 6.07 Å². The molecule has 0 bridgehead atoms. The maximum absolute atomic E-state index is 11.2. The van der Waals surface area contributed by atoms with E-state index in [0.29, 0.717) is 32.3 Å². The SMILES string of the molecule is O=[N+]([O-])c1cc2c(c(CN3CCCC(C4OCCO4)C3)c1)OCOC2. The number of nitrogens with zero attached hydrogens (tertiary/aromatic N) is 2. The van der Waals surface area contributed by atoms with E-state index in [4.69, 9.17) is 18.9 Å². The molecule has 8 heteroatoms. The van der Waals surface area contributed by atoms with Gasteiger partial charge in [-0.15, -0.1) is 0 Å². The molecule has 0 aliphatic carbocycles. The van der Waals surface area contributed by atoms with Crippen LogP contribution < -0.4 is 4.74 Å². The normalized spacial score (nSPS) is 24.7. The minimum atomic E-state index is -0.363. The zero-order chi connectivity index (χ0) is 17.2. The first-order chi connectivity index (χ1) is 12.2. The van der Waals surface area contributed by atoms with Crippen LogP contribution in [0.25, 0.3) is 0 Å². The molecule has 1 unspecified atom stereocenters. The minimum absolute atomic E-state index is 0.0823. The average molecular weight is 350 g/mol. The molecule has 2 fully saturated rings. The third kappa shape index (κ3) is 3.62. The highest BCUT2D eigenvalue weighted by Gasteiger charge is 2.32. The van der Waals surface area contributed by atoms with Gasteiger partial charge in [0, 0.05) is 42.3 Å². The Labute approximate surface area is 145 Å². The topological polar surface area (TPSA) is 83.3 Å². The number of ether oxygens (including phenoxy) is 4. The van der Waals surface area contributed by atoms with Gasteiger partial charge < -0.3 is 18.9 Å². The van der Waals surface area contributed by atoms with Crippen LogP contribution in [0.1, 0.15) is 24.0 Å². The first-order valence-electron chi connectivity index (χ1n) is 8.67.